The zero-order chi connectivity index (χ0) is 22.3. The summed E-state index contributed by atoms with van der Waals surface area (Å²) >= 11 is 5.98. The summed E-state index contributed by atoms with van der Waals surface area (Å²) in [6.07, 6.45) is 1.71. The van der Waals surface area contributed by atoms with Crippen LogP contribution in [0.3, 0.4) is 0 Å². The Bertz CT molecular complexity index is 1230. The highest BCUT2D eigenvalue weighted by Crippen LogP contribution is 2.24. The topological polar surface area (TPSA) is 84.3 Å². The number of nitrogens with zero attached hydrogens (tertiary/aromatic N) is 4. The summed E-state index contributed by atoms with van der Waals surface area (Å²) in [5, 5.41) is 8.10. The van der Waals surface area contributed by atoms with Gasteiger partial charge in [0.05, 0.1) is 13.3 Å². The first-order valence-electron chi connectivity index (χ1n) is 9.88. The summed E-state index contributed by atoms with van der Waals surface area (Å²) in [7, 11) is 1.62. The van der Waals surface area contributed by atoms with Crippen LogP contribution in [-0.4, -0.2) is 28.3 Å². The predicted octanol–water partition coefficient (Wildman–Crippen LogP) is 5.70. The van der Waals surface area contributed by atoms with Crippen molar-refractivity contribution in [3.63, 3.8) is 0 Å². The molecule has 0 atom stereocenters. The van der Waals surface area contributed by atoms with Crippen LogP contribution in [0.1, 0.15) is 11.1 Å². The van der Waals surface area contributed by atoms with Gasteiger partial charge in [0.1, 0.15) is 5.75 Å². The van der Waals surface area contributed by atoms with Crippen LogP contribution in [0, 0.1) is 6.92 Å². The quantitative estimate of drug-likeness (QED) is 0.281. The van der Waals surface area contributed by atoms with Gasteiger partial charge in [-0.25, -0.2) is 5.43 Å². The van der Waals surface area contributed by atoms with Gasteiger partial charge in [-0.1, -0.05) is 53.6 Å². The number of benzene rings is 3. The molecule has 4 rings (SSSR count). The molecule has 32 heavy (non-hydrogen) atoms. The van der Waals surface area contributed by atoms with Crippen LogP contribution in [0.25, 0.3) is 11.4 Å². The summed E-state index contributed by atoms with van der Waals surface area (Å²) in [5.41, 5.74) is 6.63. The number of ether oxygens (including phenoxy) is 1. The molecule has 160 valence electrons. The second-order valence-corrected chi connectivity index (χ2v) is 7.39. The number of aromatic nitrogens is 3. The smallest absolute Gasteiger partial charge is 0.248 e. The molecule has 0 aliphatic heterocycles. The minimum atomic E-state index is 0.303. The normalized spacial score (nSPS) is 10.8. The Morgan fingerprint density at radius 2 is 1.66 bits per heavy atom. The second-order valence-electron chi connectivity index (χ2n) is 6.95. The number of rotatable bonds is 7. The molecule has 0 saturated heterocycles. The molecule has 0 saturated carbocycles. The molecule has 0 fully saturated rings. The van der Waals surface area contributed by atoms with Crippen molar-refractivity contribution in [1.82, 2.24) is 15.0 Å². The molecule has 4 aromatic rings. The van der Waals surface area contributed by atoms with Gasteiger partial charge in [-0.15, -0.1) is 0 Å². The molecule has 0 aliphatic rings. The highest BCUT2D eigenvalue weighted by atomic mass is 35.5. The van der Waals surface area contributed by atoms with E-state index < -0.39 is 0 Å². The first kappa shape index (κ1) is 21.3. The van der Waals surface area contributed by atoms with Gasteiger partial charge in [0.2, 0.25) is 11.9 Å². The molecule has 0 amide bonds. The predicted molar refractivity (Wildman–Crippen MR) is 129 cm³/mol. The summed E-state index contributed by atoms with van der Waals surface area (Å²) in [5.74, 6) is 1.86. The average molecular weight is 445 g/mol. The van der Waals surface area contributed by atoms with E-state index >= 15 is 0 Å². The van der Waals surface area contributed by atoms with Crippen LogP contribution in [0.2, 0.25) is 5.02 Å². The van der Waals surface area contributed by atoms with E-state index in [0.717, 1.165) is 16.8 Å². The molecule has 1 aromatic heterocycles. The highest BCUT2D eigenvalue weighted by Gasteiger charge is 2.10. The van der Waals surface area contributed by atoms with Crippen molar-refractivity contribution in [2.75, 3.05) is 17.9 Å². The Morgan fingerprint density at radius 1 is 0.906 bits per heavy atom. The SMILES string of the molecule is COc1cccc(-c2nc(NN=Cc3ccc(C)cc3)nc(Nc3ccc(Cl)cc3)n2)c1. The number of halogens is 1. The number of hydrogen-bond donors (Lipinski definition) is 2. The average Bonchev–Trinajstić information content (AvgIpc) is 2.82. The van der Waals surface area contributed by atoms with Crippen LogP contribution in [-0.2, 0) is 0 Å². The van der Waals surface area contributed by atoms with Gasteiger partial charge in [-0.2, -0.15) is 20.1 Å². The lowest BCUT2D eigenvalue weighted by atomic mass is 10.2. The van der Waals surface area contributed by atoms with Crippen molar-refractivity contribution in [2.24, 2.45) is 5.10 Å². The van der Waals surface area contributed by atoms with Crippen LogP contribution in [0.4, 0.5) is 17.6 Å². The van der Waals surface area contributed by atoms with Crippen molar-refractivity contribution < 1.29 is 4.74 Å². The maximum Gasteiger partial charge on any atom is 0.248 e. The maximum absolute atomic E-state index is 5.98. The van der Waals surface area contributed by atoms with E-state index in [1.807, 2.05) is 67.6 Å². The molecule has 0 unspecified atom stereocenters. The van der Waals surface area contributed by atoms with Crippen LogP contribution in [0.5, 0.6) is 5.75 Å². The zero-order valence-corrected chi connectivity index (χ0v) is 18.3. The Morgan fingerprint density at radius 3 is 2.41 bits per heavy atom. The van der Waals surface area contributed by atoms with Crippen molar-refractivity contribution >= 4 is 35.4 Å². The molecule has 3 aromatic carbocycles. The zero-order valence-electron chi connectivity index (χ0n) is 17.6. The van der Waals surface area contributed by atoms with Gasteiger partial charge in [0.25, 0.3) is 0 Å². The fourth-order valence-corrected chi connectivity index (χ4v) is 2.98. The maximum atomic E-state index is 5.98. The van der Waals surface area contributed by atoms with E-state index in [2.05, 4.69) is 30.8 Å². The minimum absolute atomic E-state index is 0.303. The minimum Gasteiger partial charge on any atom is -0.497 e. The molecule has 2 N–H and O–H groups in total. The third kappa shape index (κ3) is 5.59. The van der Waals surface area contributed by atoms with E-state index in [9.17, 15) is 0 Å². The number of aryl methyl sites for hydroxylation is 1. The molecule has 7 nitrogen and oxygen atoms in total. The first-order chi connectivity index (χ1) is 15.6. The van der Waals surface area contributed by atoms with Crippen LogP contribution < -0.4 is 15.5 Å². The number of methoxy groups -OCH3 is 1. The third-order valence-electron chi connectivity index (χ3n) is 4.52. The molecule has 1 heterocycles. The Balaban J connectivity index is 1.64. The van der Waals surface area contributed by atoms with E-state index in [0.29, 0.717) is 28.5 Å². The van der Waals surface area contributed by atoms with Gasteiger partial charge in [-0.3, -0.25) is 0 Å². The fraction of sp³-hybridized carbons (Fsp3) is 0.0833. The molecule has 0 radical (unpaired) electrons. The second kappa shape index (κ2) is 9.89. The van der Waals surface area contributed by atoms with Gasteiger partial charge < -0.3 is 10.1 Å². The summed E-state index contributed by atoms with van der Waals surface area (Å²) in [4.78, 5) is 13.5. The lowest BCUT2D eigenvalue weighted by molar-refractivity contribution is 0.415. The van der Waals surface area contributed by atoms with Gasteiger partial charge >= 0.3 is 0 Å². The van der Waals surface area contributed by atoms with Gasteiger partial charge in [0, 0.05) is 16.3 Å². The largest absolute Gasteiger partial charge is 0.497 e. The van der Waals surface area contributed by atoms with E-state index in [4.69, 9.17) is 16.3 Å². The van der Waals surface area contributed by atoms with E-state index in [-0.39, 0.29) is 0 Å². The van der Waals surface area contributed by atoms with Crippen LogP contribution in [0.15, 0.2) is 77.9 Å². The summed E-state index contributed by atoms with van der Waals surface area (Å²) in [6.45, 7) is 2.04. The van der Waals surface area contributed by atoms with Crippen molar-refractivity contribution in [1.29, 1.82) is 0 Å². The third-order valence-corrected chi connectivity index (χ3v) is 4.77. The summed E-state index contributed by atoms with van der Waals surface area (Å²) < 4.78 is 5.33. The fourth-order valence-electron chi connectivity index (χ4n) is 2.85. The standard InChI is InChI=1S/C24H21ClN6O/c1-16-6-8-17(9-7-16)15-26-31-24-29-22(18-4-3-5-21(14-18)32-2)28-23(30-24)27-20-12-10-19(25)11-13-20/h3-15H,1-2H3,(H2,27,28,29,30,31). The lowest BCUT2D eigenvalue weighted by Gasteiger charge is -2.09. The number of nitrogens with one attached hydrogen (secondary N) is 2. The van der Waals surface area contributed by atoms with Crippen molar-refractivity contribution in [3.05, 3.63) is 88.9 Å². The molecule has 0 aliphatic carbocycles. The van der Waals surface area contributed by atoms with Crippen molar-refractivity contribution in [3.8, 4) is 17.1 Å². The molecule has 0 spiro atoms. The first-order valence-corrected chi connectivity index (χ1v) is 10.3. The summed E-state index contributed by atoms with van der Waals surface area (Å²) in [6, 6.07) is 22.8. The Hall–Kier alpha value is -3.97. The van der Waals surface area contributed by atoms with Gasteiger partial charge in [0.15, 0.2) is 5.82 Å². The van der Waals surface area contributed by atoms with E-state index in [1.54, 1.807) is 25.5 Å². The number of anilines is 3. The van der Waals surface area contributed by atoms with E-state index in [1.165, 1.54) is 5.56 Å². The highest BCUT2D eigenvalue weighted by molar-refractivity contribution is 6.30. The number of hydrazone groups is 1. The van der Waals surface area contributed by atoms with Crippen molar-refractivity contribution in [2.45, 2.75) is 6.92 Å². The molecular weight excluding hydrogens is 424 g/mol. The number of hydrogen-bond acceptors (Lipinski definition) is 7. The van der Waals surface area contributed by atoms with Gasteiger partial charge in [-0.05, 0) is 48.9 Å². The Labute approximate surface area is 191 Å². The monoisotopic (exact) mass is 444 g/mol. The molecular formula is C24H21ClN6O. The Kier molecular flexibility index (Phi) is 6.57. The molecule has 8 heteroatoms. The van der Waals surface area contributed by atoms with Crippen LogP contribution >= 0.6 is 11.6 Å². The molecule has 0 bridgehead atoms. The lowest BCUT2D eigenvalue weighted by Crippen LogP contribution is -2.05.